The summed E-state index contributed by atoms with van der Waals surface area (Å²) in [6.07, 6.45) is 13.4. The van der Waals surface area contributed by atoms with Crippen LogP contribution >= 0.6 is 0 Å². The van der Waals surface area contributed by atoms with Crippen LogP contribution in [0.2, 0.25) is 0 Å². The lowest BCUT2D eigenvalue weighted by Gasteiger charge is -2.25. The fourth-order valence-corrected chi connectivity index (χ4v) is 4.03. The molecule has 4 unspecified atom stereocenters. The van der Waals surface area contributed by atoms with Crippen molar-refractivity contribution in [2.75, 3.05) is 0 Å². The third-order valence-corrected chi connectivity index (χ3v) is 4.96. The van der Waals surface area contributed by atoms with Gasteiger partial charge in [-0.2, -0.15) is 0 Å². The Morgan fingerprint density at radius 3 is 2.53 bits per heavy atom. The minimum Gasteiger partial charge on any atom is -0.0808 e. The van der Waals surface area contributed by atoms with Gasteiger partial charge >= 0.3 is 0 Å². The summed E-state index contributed by atoms with van der Waals surface area (Å²) in [7, 11) is 0. The number of hydrogen-bond donors (Lipinski definition) is 0. The van der Waals surface area contributed by atoms with E-state index >= 15 is 0 Å². The minimum atomic E-state index is 0.753. The maximum atomic E-state index is 2.46. The van der Waals surface area contributed by atoms with Crippen LogP contribution in [0.25, 0.3) is 0 Å². The third kappa shape index (κ3) is 2.41. The molecule has 0 spiro atoms. The summed E-state index contributed by atoms with van der Waals surface area (Å²) in [6.45, 7) is 4.50. The van der Waals surface area contributed by atoms with Crippen LogP contribution in [0, 0.1) is 24.7 Å². The van der Waals surface area contributed by atoms with E-state index in [9.17, 15) is 0 Å². The zero-order valence-corrected chi connectivity index (χ0v) is 12.0. The maximum absolute atomic E-state index is 2.46. The van der Waals surface area contributed by atoms with Crippen molar-refractivity contribution in [3.63, 3.8) is 0 Å². The van der Waals surface area contributed by atoms with Gasteiger partial charge < -0.3 is 0 Å². The van der Waals surface area contributed by atoms with E-state index in [2.05, 4.69) is 62.4 Å². The van der Waals surface area contributed by atoms with Crippen molar-refractivity contribution in [2.24, 2.45) is 17.8 Å². The van der Waals surface area contributed by atoms with E-state index in [0.29, 0.717) is 0 Å². The van der Waals surface area contributed by atoms with Gasteiger partial charge in [0.05, 0.1) is 0 Å². The summed E-state index contributed by atoms with van der Waals surface area (Å²) in [5.41, 5.74) is 2.92. The molecule has 100 valence electrons. The number of rotatable bonds is 3. The van der Waals surface area contributed by atoms with E-state index in [4.69, 9.17) is 0 Å². The zero-order chi connectivity index (χ0) is 13.2. The standard InChI is InChI=1S/C19H24/c1-3-6-18-17-8-5-4-7-16(17)13-19(18)15-11-9-14(2)10-12-15/h4-5,7-12,16-19H,3,6,13H2,1-2H3. The molecule has 1 aromatic rings. The van der Waals surface area contributed by atoms with Crippen molar-refractivity contribution >= 4 is 0 Å². The summed E-state index contributed by atoms with van der Waals surface area (Å²) in [4.78, 5) is 0. The van der Waals surface area contributed by atoms with E-state index in [-0.39, 0.29) is 0 Å². The van der Waals surface area contributed by atoms with Crippen molar-refractivity contribution in [2.45, 2.75) is 39.0 Å². The molecule has 2 aliphatic rings. The van der Waals surface area contributed by atoms with Gasteiger partial charge in [-0.15, -0.1) is 0 Å². The average Bonchev–Trinajstić information content (AvgIpc) is 2.79. The van der Waals surface area contributed by atoms with Gasteiger partial charge in [0.15, 0.2) is 0 Å². The van der Waals surface area contributed by atoms with Crippen LogP contribution in [0.3, 0.4) is 0 Å². The molecule has 1 aromatic carbocycles. The Bertz CT molecular complexity index is 477. The molecule has 0 nitrogen and oxygen atoms in total. The third-order valence-electron chi connectivity index (χ3n) is 4.96. The Morgan fingerprint density at radius 2 is 1.79 bits per heavy atom. The van der Waals surface area contributed by atoms with Crippen molar-refractivity contribution in [1.29, 1.82) is 0 Å². The number of allylic oxidation sites excluding steroid dienone is 4. The molecular weight excluding hydrogens is 228 g/mol. The highest BCUT2D eigenvalue weighted by Gasteiger charge is 2.41. The highest BCUT2D eigenvalue weighted by Crippen LogP contribution is 2.51. The second-order valence-corrected chi connectivity index (χ2v) is 6.22. The first-order valence-electron chi connectivity index (χ1n) is 7.71. The van der Waals surface area contributed by atoms with Crippen LogP contribution in [-0.2, 0) is 0 Å². The average molecular weight is 252 g/mol. The van der Waals surface area contributed by atoms with E-state index < -0.39 is 0 Å². The van der Waals surface area contributed by atoms with Crippen LogP contribution < -0.4 is 0 Å². The SMILES string of the molecule is CCCC1C(c2ccc(C)cc2)CC2C=CC=CC21. The van der Waals surface area contributed by atoms with E-state index in [1.165, 1.54) is 24.8 Å². The zero-order valence-electron chi connectivity index (χ0n) is 12.0. The Balaban J connectivity index is 1.89. The lowest BCUT2D eigenvalue weighted by molar-refractivity contribution is 0.366. The van der Waals surface area contributed by atoms with E-state index in [1.54, 1.807) is 5.56 Å². The lowest BCUT2D eigenvalue weighted by Crippen LogP contribution is -2.15. The summed E-state index contributed by atoms with van der Waals surface area (Å²) in [6, 6.07) is 9.25. The normalized spacial score (nSPS) is 32.5. The van der Waals surface area contributed by atoms with Gasteiger partial charge in [0, 0.05) is 0 Å². The number of aryl methyl sites for hydroxylation is 1. The fraction of sp³-hybridized carbons (Fsp3) is 0.474. The van der Waals surface area contributed by atoms with Crippen LogP contribution in [0.15, 0.2) is 48.6 Å². The molecule has 0 aromatic heterocycles. The van der Waals surface area contributed by atoms with Crippen molar-refractivity contribution in [3.8, 4) is 0 Å². The highest BCUT2D eigenvalue weighted by atomic mass is 14.4. The molecule has 0 N–H and O–H groups in total. The molecule has 3 rings (SSSR count). The summed E-state index contributed by atoms with van der Waals surface area (Å²) >= 11 is 0. The first-order chi connectivity index (χ1) is 9.29. The molecule has 19 heavy (non-hydrogen) atoms. The quantitative estimate of drug-likeness (QED) is 0.688. The molecule has 2 aliphatic carbocycles. The van der Waals surface area contributed by atoms with Gasteiger partial charge in [-0.1, -0.05) is 67.5 Å². The molecule has 0 saturated heterocycles. The van der Waals surface area contributed by atoms with Gasteiger partial charge in [-0.05, 0) is 49.0 Å². The second kappa shape index (κ2) is 5.36. The fourth-order valence-electron chi connectivity index (χ4n) is 4.03. The molecule has 0 aliphatic heterocycles. The van der Waals surface area contributed by atoms with Crippen LogP contribution in [-0.4, -0.2) is 0 Å². The molecule has 0 heterocycles. The molecule has 1 fully saturated rings. The largest absolute Gasteiger partial charge is 0.0808 e. The summed E-state index contributed by atoms with van der Waals surface area (Å²) in [5.74, 6) is 3.13. The van der Waals surface area contributed by atoms with Gasteiger partial charge in [-0.3, -0.25) is 0 Å². The van der Waals surface area contributed by atoms with Crippen LogP contribution in [0.4, 0.5) is 0 Å². The first kappa shape index (κ1) is 12.7. The Morgan fingerprint density at radius 1 is 1.05 bits per heavy atom. The monoisotopic (exact) mass is 252 g/mol. The predicted octanol–water partition coefficient (Wildman–Crippen LogP) is 5.26. The summed E-state index contributed by atoms with van der Waals surface area (Å²) < 4.78 is 0. The van der Waals surface area contributed by atoms with Crippen molar-refractivity contribution in [3.05, 3.63) is 59.7 Å². The van der Waals surface area contributed by atoms with Crippen LogP contribution in [0.5, 0.6) is 0 Å². The predicted molar refractivity (Wildman–Crippen MR) is 82.2 cm³/mol. The number of fused-ring (bicyclic) bond motifs is 1. The maximum Gasteiger partial charge on any atom is -0.0122 e. The van der Waals surface area contributed by atoms with Crippen molar-refractivity contribution < 1.29 is 0 Å². The molecule has 4 atom stereocenters. The highest BCUT2D eigenvalue weighted by molar-refractivity contribution is 5.29. The lowest BCUT2D eigenvalue weighted by atomic mass is 9.80. The van der Waals surface area contributed by atoms with Crippen molar-refractivity contribution in [1.82, 2.24) is 0 Å². The molecule has 0 heteroatoms. The smallest absolute Gasteiger partial charge is 0.0122 e. The Labute approximate surface area is 117 Å². The van der Waals surface area contributed by atoms with Gasteiger partial charge in [-0.25, -0.2) is 0 Å². The number of benzene rings is 1. The Hall–Kier alpha value is -1.30. The van der Waals surface area contributed by atoms with Gasteiger partial charge in [0.1, 0.15) is 0 Å². The van der Waals surface area contributed by atoms with Crippen LogP contribution in [0.1, 0.15) is 43.2 Å². The van der Waals surface area contributed by atoms with Gasteiger partial charge in [0.25, 0.3) is 0 Å². The number of hydrogen-bond acceptors (Lipinski definition) is 0. The molecular formula is C19H24. The molecule has 0 amide bonds. The Kier molecular flexibility index (Phi) is 3.59. The molecule has 0 radical (unpaired) electrons. The first-order valence-corrected chi connectivity index (χ1v) is 7.71. The topological polar surface area (TPSA) is 0 Å². The minimum absolute atomic E-state index is 0.753. The molecule has 1 saturated carbocycles. The van der Waals surface area contributed by atoms with E-state index in [0.717, 1.165) is 23.7 Å². The van der Waals surface area contributed by atoms with E-state index in [1.807, 2.05) is 0 Å². The summed E-state index contributed by atoms with van der Waals surface area (Å²) in [5, 5.41) is 0. The molecule has 0 bridgehead atoms. The second-order valence-electron chi connectivity index (χ2n) is 6.22. The van der Waals surface area contributed by atoms with Gasteiger partial charge in [0.2, 0.25) is 0 Å².